The van der Waals surface area contributed by atoms with Crippen molar-refractivity contribution in [2.24, 2.45) is 0 Å². The lowest BCUT2D eigenvalue weighted by Gasteiger charge is -2.23. The molecule has 2 rings (SSSR count). The number of benzene rings is 2. The molecule has 0 radical (unpaired) electrons. The van der Waals surface area contributed by atoms with Crippen molar-refractivity contribution in [1.29, 1.82) is 0 Å². The Kier molecular flexibility index (Phi) is 6.16. The Morgan fingerprint density at radius 1 is 1.00 bits per heavy atom. The Hall–Kier alpha value is -2.13. The van der Waals surface area contributed by atoms with Crippen LogP contribution in [0.1, 0.15) is 23.6 Å². The van der Waals surface area contributed by atoms with Crippen LogP contribution >= 0.6 is 0 Å². The van der Waals surface area contributed by atoms with Crippen LogP contribution in [0.3, 0.4) is 0 Å². The van der Waals surface area contributed by atoms with Crippen LogP contribution in [0.5, 0.6) is 0 Å². The lowest BCUT2D eigenvalue weighted by molar-refractivity contribution is -0.121. The van der Waals surface area contributed by atoms with Gasteiger partial charge in [0.15, 0.2) is 0 Å². The molecule has 0 heterocycles. The number of amides is 1. The highest BCUT2D eigenvalue weighted by atomic mass is 16.1. The number of hydrogen-bond acceptors (Lipinski definition) is 2. The van der Waals surface area contributed by atoms with Crippen molar-refractivity contribution in [2.75, 3.05) is 20.6 Å². The van der Waals surface area contributed by atoms with Crippen LogP contribution in [0.15, 0.2) is 60.7 Å². The van der Waals surface area contributed by atoms with E-state index in [0.29, 0.717) is 6.42 Å². The maximum absolute atomic E-state index is 12.3. The van der Waals surface area contributed by atoms with Gasteiger partial charge in [-0.3, -0.25) is 4.79 Å². The van der Waals surface area contributed by atoms with E-state index in [1.807, 2.05) is 50.5 Å². The molecule has 2 aromatic rings. The third-order valence-corrected chi connectivity index (χ3v) is 3.57. The molecule has 22 heavy (non-hydrogen) atoms. The SMILES string of the molecule is CN(C)C[C@H](NC(=O)CCc1ccccc1)c1ccccc1. The lowest BCUT2D eigenvalue weighted by Crippen LogP contribution is -2.35. The van der Waals surface area contributed by atoms with Gasteiger partial charge in [0, 0.05) is 13.0 Å². The van der Waals surface area contributed by atoms with Crippen LogP contribution in [0, 0.1) is 0 Å². The third-order valence-electron chi connectivity index (χ3n) is 3.57. The summed E-state index contributed by atoms with van der Waals surface area (Å²) in [5.74, 6) is 0.0968. The Morgan fingerprint density at radius 3 is 2.18 bits per heavy atom. The Bertz CT molecular complexity index is 567. The zero-order chi connectivity index (χ0) is 15.8. The van der Waals surface area contributed by atoms with E-state index in [1.54, 1.807) is 0 Å². The van der Waals surface area contributed by atoms with Gasteiger partial charge in [-0.15, -0.1) is 0 Å². The predicted molar refractivity (Wildman–Crippen MR) is 90.6 cm³/mol. The molecule has 0 saturated heterocycles. The van der Waals surface area contributed by atoms with E-state index < -0.39 is 0 Å². The van der Waals surface area contributed by atoms with Gasteiger partial charge in [0.1, 0.15) is 0 Å². The van der Waals surface area contributed by atoms with Gasteiger partial charge >= 0.3 is 0 Å². The number of likely N-dealkylation sites (N-methyl/N-ethyl adjacent to an activating group) is 1. The fourth-order valence-electron chi connectivity index (χ4n) is 2.45. The molecular weight excluding hydrogens is 272 g/mol. The largest absolute Gasteiger partial charge is 0.348 e. The first-order chi connectivity index (χ1) is 10.6. The summed E-state index contributed by atoms with van der Waals surface area (Å²) in [6.45, 7) is 0.793. The standard InChI is InChI=1S/C19H24N2O/c1-21(2)15-18(17-11-7-4-8-12-17)20-19(22)14-13-16-9-5-3-6-10-16/h3-12,18H,13-15H2,1-2H3,(H,20,22)/t18-/m0/s1. The second-order valence-corrected chi connectivity index (χ2v) is 5.78. The summed E-state index contributed by atoms with van der Waals surface area (Å²) in [6, 6.07) is 20.3. The maximum atomic E-state index is 12.3. The minimum absolute atomic E-state index is 0.0273. The molecule has 1 amide bonds. The molecule has 116 valence electrons. The van der Waals surface area contributed by atoms with Crippen LogP contribution in [0.25, 0.3) is 0 Å². The zero-order valence-corrected chi connectivity index (χ0v) is 13.3. The summed E-state index contributed by atoms with van der Waals surface area (Å²) in [4.78, 5) is 14.3. The van der Waals surface area contributed by atoms with E-state index in [9.17, 15) is 4.79 Å². The molecule has 0 spiro atoms. The van der Waals surface area contributed by atoms with Gasteiger partial charge < -0.3 is 10.2 Å². The van der Waals surface area contributed by atoms with Crippen molar-refractivity contribution in [3.63, 3.8) is 0 Å². The van der Waals surface area contributed by atoms with Gasteiger partial charge in [-0.2, -0.15) is 0 Å². The maximum Gasteiger partial charge on any atom is 0.220 e. The number of hydrogen-bond donors (Lipinski definition) is 1. The molecule has 2 aromatic carbocycles. The molecule has 3 heteroatoms. The molecule has 0 saturated carbocycles. The normalized spacial score (nSPS) is 12.1. The second-order valence-electron chi connectivity index (χ2n) is 5.78. The topological polar surface area (TPSA) is 32.3 Å². The number of carbonyl (C=O) groups is 1. The molecule has 0 aromatic heterocycles. The van der Waals surface area contributed by atoms with Crippen molar-refractivity contribution in [3.8, 4) is 0 Å². The van der Waals surface area contributed by atoms with Crippen LogP contribution in [0.2, 0.25) is 0 Å². The number of carbonyl (C=O) groups excluding carboxylic acids is 1. The first kappa shape index (κ1) is 16.2. The predicted octanol–water partition coefficient (Wildman–Crippen LogP) is 3.04. The van der Waals surface area contributed by atoms with E-state index in [4.69, 9.17) is 0 Å². The molecule has 3 nitrogen and oxygen atoms in total. The summed E-state index contributed by atoms with van der Waals surface area (Å²) in [5, 5.41) is 3.15. The number of aryl methyl sites for hydroxylation is 1. The third kappa shape index (κ3) is 5.34. The van der Waals surface area contributed by atoms with Crippen LogP contribution in [0.4, 0.5) is 0 Å². The molecule has 0 unspecified atom stereocenters. The monoisotopic (exact) mass is 296 g/mol. The van der Waals surface area contributed by atoms with Crippen molar-refractivity contribution >= 4 is 5.91 Å². The summed E-state index contributed by atoms with van der Waals surface area (Å²) < 4.78 is 0. The molecule has 0 bridgehead atoms. The second kappa shape index (κ2) is 8.35. The van der Waals surface area contributed by atoms with Crippen molar-refractivity contribution in [1.82, 2.24) is 10.2 Å². The van der Waals surface area contributed by atoms with E-state index in [0.717, 1.165) is 18.5 Å². The summed E-state index contributed by atoms with van der Waals surface area (Å²) in [7, 11) is 4.04. The lowest BCUT2D eigenvalue weighted by atomic mass is 10.1. The minimum Gasteiger partial charge on any atom is -0.348 e. The van der Waals surface area contributed by atoms with E-state index in [1.165, 1.54) is 5.56 Å². The fraction of sp³-hybridized carbons (Fsp3) is 0.316. The van der Waals surface area contributed by atoms with Crippen LogP contribution in [-0.2, 0) is 11.2 Å². The Labute approximate surface area is 133 Å². The molecule has 0 aliphatic rings. The van der Waals surface area contributed by atoms with E-state index in [2.05, 4.69) is 34.5 Å². The zero-order valence-electron chi connectivity index (χ0n) is 13.3. The van der Waals surface area contributed by atoms with Crippen LogP contribution in [-0.4, -0.2) is 31.4 Å². The van der Waals surface area contributed by atoms with Crippen LogP contribution < -0.4 is 5.32 Å². The van der Waals surface area contributed by atoms with E-state index >= 15 is 0 Å². The highest BCUT2D eigenvalue weighted by Gasteiger charge is 2.15. The molecular formula is C19H24N2O. The summed E-state index contributed by atoms with van der Waals surface area (Å²) in [5.41, 5.74) is 2.34. The number of nitrogens with one attached hydrogen (secondary N) is 1. The smallest absolute Gasteiger partial charge is 0.220 e. The molecule has 1 atom stereocenters. The van der Waals surface area contributed by atoms with Gasteiger partial charge in [0.25, 0.3) is 0 Å². The highest BCUT2D eigenvalue weighted by Crippen LogP contribution is 2.14. The Balaban J connectivity index is 1.93. The first-order valence-corrected chi connectivity index (χ1v) is 7.68. The van der Waals surface area contributed by atoms with Crippen molar-refractivity contribution < 1.29 is 4.79 Å². The Morgan fingerprint density at radius 2 is 1.59 bits per heavy atom. The highest BCUT2D eigenvalue weighted by molar-refractivity contribution is 5.76. The number of rotatable bonds is 7. The summed E-state index contributed by atoms with van der Waals surface area (Å²) >= 11 is 0. The number of nitrogens with zero attached hydrogens (tertiary/aromatic N) is 1. The molecule has 0 fully saturated rings. The van der Waals surface area contributed by atoms with Gasteiger partial charge in [0.2, 0.25) is 5.91 Å². The molecule has 0 aliphatic carbocycles. The van der Waals surface area contributed by atoms with Gasteiger partial charge in [-0.1, -0.05) is 60.7 Å². The average molecular weight is 296 g/mol. The fourth-order valence-corrected chi connectivity index (χ4v) is 2.45. The first-order valence-electron chi connectivity index (χ1n) is 7.68. The van der Waals surface area contributed by atoms with Gasteiger partial charge in [-0.05, 0) is 31.6 Å². The van der Waals surface area contributed by atoms with Crippen molar-refractivity contribution in [2.45, 2.75) is 18.9 Å². The van der Waals surface area contributed by atoms with Gasteiger partial charge in [-0.25, -0.2) is 0 Å². The minimum atomic E-state index is 0.0273. The van der Waals surface area contributed by atoms with E-state index in [-0.39, 0.29) is 11.9 Å². The quantitative estimate of drug-likeness (QED) is 0.852. The molecule has 0 aliphatic heterocycles. The van der Waals surface area contributed by atoms with Crippen molar-refractivity contribution in [3.05, 3.63) is 71.8 Å². The average Bonchev–Trinajstić information content (AvgIpc) is 2.54. The summed E-state index contributed by atoms with van der Waals surface area (Å²) in [6.07, 6.45) is 1.29. The van der Waals surface area contributed by atoms with Gasteiger partial charge in [0.05, 0.1) is 6.04 Å². The molecule has 1 N–H and O–H groups in total.